The number of rotatable bonds is 5. The first-order valence-electron chi connectivity index (χ1n) is 5.87. The predicted molar refractivity (Wildman–Crippen MR) is 70.8 cm³/mol. The molecule has 1 aromatic rings. The Kier molecular flexibility index (Phi) is 4.29. The van der Waals surface area contributed by atoms with Crippen molar-refractivity contribution in [2.24, 2.45) is 17.4 Å². The maximum Gasteiger partial charge on any atom is 0.250 e. The summed E-state index contributed by atoms with van der Waals surface area (Å²) >= 11 is 0. The third-order valence-electron chi connectivity index (χ3n) is 3.37. The van der Waals surface area contributed by atoms with E-state index < -0.39 is 11.7 Å². The van der Waals surface area contributed by atoms with Crippen molar-refractivity contribution in [3.05, 3.63) is 29.6 Å². The fraction of sp³-hybridized carbons (Fsp3) is 0.462. The van der Waals surface area contributed by atoms with Gasteiger partial charge in [0.15, 0.2) is 0 Å². The second-order valence-corrected chi connectivity index (χ2v) is 4.96. The summed E-state index contributed by atoms with van der Waals surface area (Å²) in [5.74, 6) is -0.915. The summed E-state index contributed by atoms with van der Waals surface area (Å²) < 4.78 is 13.1. The molecule has 5 heteroatoms. The van der Waals surface area contributed by atoms with Crippen LogP contribution in [0.25, 0.3) is 0 Å². The second kappa shape index (κ2) is 5.35. The number of hydrogen-bond acceptors (Lipinski definition) is 3. The lowest BCUT2D eigenvalue weighted by atomic mass is 9.88. The van der Waals surface area contributed by atoms with Gasteiger partial charge in [-0.25, -0.2) is 4.39 Å². The number of nitrogens with one attached hydrogen (secondary N) is 1. The van der Waals surface area contributed by atoms with Gasteiger partial charge in [0.2, 0.25) is 0 Å². The Morgan fingerprint density at radius 3 is 2.56 bits per heavy atom. The Hall–Kier alpha value is -1.62. The van der Waals surface area contributed by atoms with Crippen LogP contribution in [0.1, 0.15) is 31.1 Å². The predicted octanol–water partition coefficient (Wildman–Crippen LogP) is 1.71. The van der Waals surface area contributed by atoms with Gasteiger partial charge in [-0.05, 0) is 31.0 Å². The van der Waals surface area contributed by atoms with Crippen molar-refractivity contribution in [3.63, 3.8) is 0 Å². The number of halogens is 1. The van der Waals surface area contributed by atoms with Gasteiger partial charge in [-0.15, -0.1) is 0 Å². The Balaban J connectivity index is 3.14. The van der Waals surface area contributed by atoms with Gasteiger partial charge in [0.1, 0.15) is 5.82 Å². The fourth-order valence-corrected chi connectivity index (χ4v) is 1.57. The van der Waals surface area contributed by atoms with Gasteiger partial charge >= 0.3 is 0 Å². The molecule has 0 radical (unpaired) electrons. The van der Waals surface area contributed by atoms with Crippen molar-refractivity contribution in [3.8, 4) is 0 Å². The van der Waals surface area contributed by atoms with Gasteiger partial charge in [-0.2, -0.15) is 0 Å². The zero-order valence-electron chi connectivity index (χ0n) is 11.0. The SMILES string of the molecule is CC(C)C(C)(CN)Nc1ccc(F)cc1C(N)=O. The molecule has 0 aliphatic rings. The zero-order valence-corrected chi connectivity index (χ0v) is 11.0. The highest BCUT2D eigenvalue weighted by Crippen LogP contribution is 2.25. The van der Waals surface area contributed by atoms with Crippen molar-refractivity contribution < 1.29 is 9.18 Å². The lowest BCUT2D eigenvalue weighted by Crippen LogP contribution is -2.47. The maximum atomic E-state index is 13.1. The molecule has 0 heterocycles. The minimum absolute atomic E-state index is 0.135. The van der Waals surface area contributed by atoms with E-state index in [0.717, 1.165) is 6.07 Å². The number of carbonyl (C=O) groups excluding carboxylic acids is 1. The second-order valence-electron chi connectivity index (χ2n) is 4.96. The molecule has 1 aromatic carbocycles. The van der Waals surface area contributed by atoms with Crippen LogP contribution in [0.5, 0.6) is 0 Å². The molecular weight excluding hydrogens is 233 g/mol. The van der Waals surface area contributed by atoms with Gasteiger partial charge < -0.3 is 16.8 Å². The molecule has 18 heavy (non-hydrogen) atoms. The molecule has 0 spiro atoms. The normalized spacial score (nSPS) is 14.3. The van der Waals surface area contributed by atoms with Crippen LogP contribution in [0.3, 0.4) is 0 Å². The molecular formula is C13H20FN3O. The molecule has 1 unspecified atom stereocenters. The molecule has 0 fully saturated rings. The molecule has 4 nitrogen and oxygen atoms in total. The van der Waals surface area contributed by atoms with Crippen LogP contribution in [0.15, 0.2) is 18.2 Å². The Morgan fingerprint density at radius 1 is 1.50 bits per heavy atom. The van der Waals surface area contributed by atoms with Crippen LogP contribution in [0, 0.1) is 11.7 Å². The van der Waals surface area contributed by atoms with E-state index in [0.29, 0.717) is 12.2 Å². The summed E-state index contributed by atoms with van der Waals surface area (Å²) in [6.45, 7) is 6.38. The minimum atomic E-state index is -0.667. The van der Waals surface area contributed by atoms with Crippen molar-refractivity contribution in [2.45, 2.75) is 26.3 Å². The number of hydrogen-bond donors (Lipinski definition) is 3. The van der Waals surface area contributed by atoms with E-state index >= 15 is 0 Å². The van der Waals surface area contributed by atoms with Crippen molar-refractivity contribution in [1.82, 2.24) is 0 Å². The third-order valence-corrected chi connectivity index (χ3v) is 3.37. The van der Waals surface area contributed by atoms with Gasteiger partial charge in [0, 0.05) is 17.8 Å². The van der Waals surface area contributed by atoms with E-state index in [2.05, 4.69) is 5.32 Å². The average Bonchev–Trinajstić information content (AvgIpc) is 2.30. The molecule has 100 valence electrons. The van der Waals surface area contributed by atoms with E-state index in [9.17, 15) is 9.18 Å². The molecule has 0 aliphatic heterocycles. The fourth-order valence-electron chi connectivity index (χ4n) is 1.57. The molecule has 1 rings (SSSR count). The zero-order chi connectivity index (χ0) is 13.9. The van der Waals surface area contributed by atoms with Crippen LogP contribution < -0.4 is 16.8 Å². The van der Waals surface area contributed by atoms with E-state index in [-0.39, 0.29) is 17.0 Å². The quantitative estimate of drug-likeness (QED) is 0.747. The standard InChI is InChI=1S/C13H20FN3O/c1-8(2)13(3,7-15)17-11-5-4-9(14)6-10(11)12(16)18/h4-6,8,17H,7,15H2,1-3H3,(H2,16,18). The molecule has 0 saturated heterocycles. The van der Waals surface area contributed by atoms with Gasteiger partial charge in [0.05, 0.1) is 5.56 Å². The van der Waals surface area contributed by atoms with Crippen LogP contribution in [0.2, 0.25) is 0 Å². The first-order chi connectivity index (χ1) is 8.30. The topological polar surface area (TPSA) is 81.1 Å². The number of anilines is 1. The highest BCUT2D eigenvalue weighted by Gasteiger charge is 2.27. The number of nitrogens with two attached hydrogens (primary N) is 2. The summed E-state index contributed by atoms with van der Waals surface area (Å²) in [6.07, 6.45) is 0. The van der Waals surface area contributed by atoms with E-state index in [1.165, 1.54) is 12.1 Å². The van der Waals surface area contributed by atoms with E-state index in [1.54, 1.807) is 0 Å². The summed E-state index contributed by atoms with van der Waals surface area (Å²) in [5.41, 5.74) is 11.3. The Morgan fingerprint density at radius 2 is 2.11 bits per heavy atom. The molecule has 5 N–H and O–H groups in total. The van der Waals surface area contributed by atoms with Crippen LogP contribution in [0.4, 0.5) is 10.1 Å². The van der Waals surface area contributed by atoms with Gasteiger partial charge in [0.25, 0.3) is 5.91 Å². The Bertz CT molecular complexity index is 448. The summed E-state index contributed by atoms with van der Waals surface area (Å²) in [4.78, 5) is 11.3. The van der Waals surface area contributed by atoms with Crippen molar-refractivity contribution in [1.29, 1.82) is 0 Å². The molecule has 0 saturated carbocycles. The summed E-state index contributed by atoms with van der Waals surface area (Å²) in [7, 11) is 0. The largest absolute Gasteiger partial charge is 0.378 e. The monoisotopic (exact) mass is 253 g/mol. The maximum absolute atomic E-state index is 13.1. The molecule has 1 amide bonds. The lowest BCUT2D eigenvalue weighted by molar-refractivity contribution is 0.100. The highest BCUT2D eigenvalue weighted by molar-refractivity contribution is 5.98. The van der Waals surface area contributed by atoms with E-state index in [1.807, 2.05) is 20.8 Å². The number of primary amides is 1. The van der Waals surface area contributed by atoms with Gasteiger partial charge in [-0.3, -0.25) is 4.79 Å². The summed E-state index contributed by atoms with van der Waals surface area (Å²) in [6, 6.07) is 3.92. The number of benzene rings is 1. The first kappa shape index (κ1) is 14.4. The van der Waals surface area contributed by atoms with Crippen LogP contribution >= 0.6 is 0 Å². The molecule has 0 aromatic heterocycles. The highest BCUT2D eigenvalue weighted by atomic mass is 19.1. The van der Waals surface area contributed by atoms with Gasteiger partial charge in [-0.1, -0.05) is 13.8 Å². The minimum Gasteiger partial charge on any atom is -0.378 e. The molecule has 0 aliphatic carbocycles. The summed E-state index contributed by atoms with van der Waals surface area (Å²) in [5, 5.41) is 3.19. The van der Waals surface area contributed by atoms with E-state index in [4.69, 9.17) is 11.5 Å². The number of amides is 1. The van der Waals surface area contributed by atoms with Crippen molar-refractivity contribution in [2.75, 3.05) is 11.9 Å². The smallest absolute Gasteiger partial charge is 0.250 e. The average molecular weight is 253 g/mol. The van der Waals surface area contributed by atoms with Crippen molar-refractivity contribution >= 4 is 11.6 Å². The Labute approximate surface area is 107 Å². The van der Waals surface area contributed by atoms with Crippen LogP contribution in [-0.4, -0.2) is 18.0 Å². The molecule has 1 atom stereocenters. The molecule has 0 bridgehead atoms. The van der Waals surface area contributed by atoms with Crippen LogP contribution in [-0.2, 0) is 0 Å². The first-order valence-corrected chi connectivity index (χ1v) is 5.87. The third kappa shape index (κ3) is 2.98. The lowest BCUT2D eigenvalue weighted by Gasteiger charge is -2.35. The number of carbonyl (C=O) groups is 1.